The molecule has 0 radical (unpaired) electrons. The minimum atomic E-state index is -3.99. The van der Waals surface area contributed by atoms with E-state index in [1.165, 1.54) is 11.8 Å². The van der Waals surface area contributed by atoms with Crippen LogP contribution >= 0.6 is 11.8 Å². The highest BCUT2D eigenvalue weighted by molar-refractivity contribution is 8.04. The molecule has 0 unspecified atom stereocenters. The summed E-state index contributed by atoms with van der Waals surface area (Å²) in [6.07, 6.45) is 3.28. The summed E-state index contributed by atoms with van der Waals surface area (Å²) in [6.45, 7) is 3.59. The summed E-state index contributed by atoms with van der Waals surface area (Å²) in [7, 11) is -3.99. The van der Waals surface area contributed by atoms with E-state index < -0.39 is 10.0 Å². The number of ketones is 1. The maximum absolute atomic E-state index is 13.3. The predicted octanol–water partition coefficient (Wildman–Crippen LogP) is 5.90. The lowest BCUT2D eigenvalue weighted by Crippen LogP contribution is -2.17. The van der Waals surface area contributed by atoms with E-state index in [1.54, 1.807) is 55.6 Å². The molecular weight excluding hydrogens is 464 g/mol. The van der Waals surface area contributed by atoms with Crippen LogP contribution in [-0.4, -0.2) is 24.9 Å². The second-order valence-corrected chi connectivity index (χ2v) is 10.7. The molecule has 1 heterocycles. The zero-order valence-electron chi connectivity index (χ0n) is 18.5. The van der Waals surface area contributed by atoms with Crippen LogP contribution in [0.25, 0.3) is 10.9 Å². The number of carbonyl (C=O) groups excluding carboxylic acids is 1. The molecule has 1 aliphatic carbocycles. The minimum Gasteiger partial charge on any atom is -0.288 e. The van der Waals surface area contributed by atoms with Crippen LogP contribution in [0.15, 0.2) is 104 Å². The van der Waals surface area contributed by atoms with Gasteiger partial charge in [-0.3, -0.25) is 9.78 Å². The lowest BCUT2D eigenvalue weighted by Gasteiger charge is -2.17. The number of aryl methyl sites for hydroxylation is 2. The number of thioether (sulfide) groups is 1. The van der Waals surface area contributed by atoms with Crippen LogP contribution in [0.1, 0.15) is 27.0 Å². The van der Waals surface area contributed by atoms with Crippen molar-refractivity contribution >= 4 is 44.2 Å². The van der Waals surface area contributed by atoms with Crippen LogP contribution in [-0.2, 0) is 10.0 Å². The van der Waals surface area contributed by atoms with E-state index in [0.29, 0.717) is 21.6 Å². The normalized spacial score (nSPS) is 14.8. The second-order valence-electron chi connectivity index (χ2n) is 8.04. The number of benzene rings is 3. The molecule has 0 bridgehead atoms. The maximum atomic E-state index is 13.3. The van der Waals surface area contributed by atoms with Crippen molar-refractivity contribution in [1.29, 1.82) is 0 Å². The van der Waals surface area contributed by atoms with E-state index in [1.807, 2.05) is 43.3 Å². The zero-order valence-corrected chi connectivity index (χ0v) is 20.2. The van der Waals surface area contributed by atoms with Gasteiger partial charge in [0.05, 0.1) is 21.0 Å². The fraction of sp³-hybridized carbons (Fsp3) is 0.0741. The molecule has 0 saturated carbocycles. The van der Waals surface area contributed by atoms with E-state index in [2.05, 4.69) is 9.38 Å². The molecule has 0 amide bonds. The topological polar surface area (TPSA) is 76.5 Å². The van der Waals surface area contributed by atoms with Gasteiger partial charge in [0, 0.05) is 27.6 Å². The van der Waals surface area contributed by atoms with Gasteiger partial charge < -0.3 is 0 Å². The maximum Gasteiger partial charge on any atom is 0.283 e. The van der Waals surface area contributed by atoms with Crippen molar-refractivity contribution < 1.29 is 13.2 Å². The Kier molecular flexibility index (Phi) is 5.67. The van der Waals surface area contributed by atoms with Gasteiger partial charge in [0.15, 0.2) is 5.78 Å². The van der Waals surface area contributed by atoms with E-state index in [9.17, 15) is 13.2 Å². The molecule has 5 nitrogen and oxygen atoms in total. The second kappa shape index (κ2) is 8.66. The number of para-hydroxylation sites is 1. The number of pyridine rings is 1. The van der Waals surface area contributed by atoms with Crippen LogP contribution in [0.5, 0.6) is 0 Å². The molecule has 0 atom stereocenters. The average Bonchev–Trinajstić information content (AvgIpc) is 2.83. The number of hydrogen-bond donors (Lipinski definition) is 0. The highest BCUT2D eigenvalue weighted by atomic mass is 32.2. The summed E-state index contributed by atoms with van der Waals surface area (Å²) >= 11 is 1.27. The first-order chi connectivity index (χ1) is 16.3. The van der Waals surface area contributed by atoms with Crippen molar-refractivity contribution in [2.24, 2.45) is 4.40 Å². The first-order valence-corrected chi connectivity index (χ1v) is 12.9. The summed E-state index contributed by atoms with van der Waals surface area (Å²) in [5, 5.41) is 0.961. The quantitative estimate of drug-likeness (QED) is 0.360. The lowest BCUT2D eigenvalue weighted by atomic mass is 9.94. The van der Waals surface area contributed by atoms with Crippen LogP contribution in [0.3, 0.4) is 0 Å². The number of fused-ring (bicyclic) bond motifs is 2. The van der Waals surface area contributed by atoms with Gasteiger partial charge in [0.2, 0.25) is 0 Å². The van der Waals surface area contributed by atoms with Crippen molar-refractivity contribution in [3.05, 3.63) is 112 Å². The summed E-state index contributed by atoms with van der Waals surface area (Å²) in [5.74, 6) is -0.170. The molecular formula is C27H20N2O3S2. The molecule has 34 heavy (non-hydrogen) atoms. The summed E-state index contributed by atoms with van der Waals surface area (Å²) < 4.78 is 30.8. The van der Waals surface area contributed by atoms with E-state index >= 15 is 0 Å². The monoisotopic (exact) mass is 484 g/mol. The molecule has 0 fully saturated rings. The van der Waals surface area contributed by atoms with Crippen molar-refractivity contribution in [3.8, 4) is 0 Å². The molecule has 5 rings (SSSR count). The number of hydrogen-bond acceptors (Lipinski definition) is 5. The fourth-order valence-electron chi connectivity index (χ4n) is 3.90. The predicted molar refractivity (Wildman–Crippen MR) is 136 cm³/mol. The number of nitrogens with zero attached hydrogens (tertiary/aromatic N) is 2. The molecule has 3 aromatic carbocycles. The first-order valence-electron chi connectivity index (χ1n) is 10.6. The van der Waals surface area contributed by atoms with E-state index in [-0.39, 0.29) is 16.4 Å². The highest BCUT2D eigenvalue weighted by Crippen LogP contribution is 2.37. The Hall–Kier alpha value is -3.55. The molecule has 0 N–H and O–H groups in total. The lowest BCUT2D eigenvalue weighted by molar-refractivity contribution is 0.104. The standard InChI is InChI=1S/C27H20N2O3S2/c1-17-12-13-18(2)25(15-17)34(31,32)29-22-16-24(27(30)21-10-4-3-9-20(21)22)33-23-11-5-7-19-8-6-14-28-26(19)23/h3-16H,1-2H3/b29-22-. The average molecular weight is 485 g/mol. The molecule has 0 saturated heterocycles. The molecule has 4 aromatic rings. The number of carbonyl (C=O) groups is 1. The molecule has 0 spiro atoms. The SMILES string of the molecule is Cc1ccc(C)c(S(=O)(=O)/N=C2/C=C(Sc3cccc4cccnc34)C(=O)c3ccccc32)c1. The molecule has 0 aliphatic heterocycles. The Balaban J connectivity index is 1.65. The zero-order chi connectivity index (χ0) is 23.9. The Labute approximate surface area is 202 Å². The molecule has 168 valence electrons. The fourth-order valence-corrected chi connectivity index (χ4v) is 6.24. The van der Waals surface area contributed by atoms with Gasteiger partial charge in [-0.05, 0) is 49.2 Å². The van der Waals surface area contributed by atoms with Gasteiger partial charge in [0.25, 0.3) is 10.0 Å². The van der Waals surface area contributed by atoms with E-state index in [4.69, 9.17) is 0 Å². The Bertz CT molecular complexity index is 1630. The smallest absolute Gasteiger partial charge is 0.283 e. The molecule has 1 aliphatic rings. The van der Waals surface area contributed by atoms with E-state index in [0.717, 1.165) is 21.4 Å². The van der Waals surface area contributed by atoms with Crippen molar-refractivity contribution in [2.75, 3.05) is 0 Å². The van der Waals surface area contributed by atoms with Crippen LogP contribution in [0.4, 0.5) is 0 Å². The summed E-state index contributed by atoms with van der Waals surface area (Å²) in [4.78, 5) is 19.2. The van der Waals surface area contributed by atoms with Gasteiger partial charge in [-0.15, -0.1) is 0 Å². The minimum absolute atomic E-state index is 0.162. The van der Waals surface area contributed by atoms with Gasteiger partial charge in [0.1, 0.15) is 0 Å². The number of allylic oxidation sites excluding steroid dienone is 2. The third-order valence-electron chi connectivity index (χ3n) is 5.59. The Morgan fingerprint density at radius 1 is 0.882 bits per heavy atom. The van der Waals surface area contributed by atoms with Crippen LogP contribution in [0.2, 0.25) is 0 Å². The van der Waals surface area contributed by atoms with Crippen LogP contribution in [0, 0.1) is 13.8 Å². The van der Waals surface area contributed by atoms with Gasteiger partial charge in [-0.2, -0.15) is 12.8 Å². The largest absolute Gasteiger partial charge is 0.288 e. The number of rotatable bonds is 4. The number of aromatic nitrogens is 1. The Morgan fingerprint density at radius 3 is 2.47 bits per heavy atom. The third-order valence-corrected chi connectivity index (χ3v) is 8.10. The first kappa shape index (κ1) is 22.3. The summed E-state index contributed by atoms with van der Waals surface area (Å²) in [5.41, 5.74) is 3.41. The Morgan fingerprint density at radius 2 is 1.65 bits per heavy atom. The van der Waals surface area contributed by atoms with Crippen molar-refractivity contribution in [3.63, 3.8) is 0 Å². The number of Topliss-reactive ketones (excluding diaryl/α,β-unsaturated/α-hetero) is 1. The van der Waals surface area contributed by atoms with Crippen molar-refractivity contribution in [1.82, 2.24) is 4.98 Å². The highest BCUT2D eigenvalue weighted by Gasteiger charge is 2.27. The third kappa shape index (κ3) is 4.08. The van der Waals surface area contributed by atoms with Crippen LogP contribution < -0.4 is 0 Å². The summed E-state index contributed by atoms with van der Waals surface area (Å²) in [6, 6.07) is 21.8. The number of sulfonamides is 1. The van der Waals surface area contributed by atoms with Crippen molar-refractivity contribution in [2.45, 2.75) is 23.6 Å². The molecule has 1 aromatic heterocycles. The van der Waals surface area contributed by atoms with Gasteiger partial charge >= 0.3 is 0 Å². The van der Waals surface area contributed by atoms with Gasteiger partial charge in [-0.1, -0.05) is 66.4 Å². The molecule has 7 heteroatoms. The van der Waals surface area contributed by atoms with Gasteiger partial charge in [-0.25, -0.2) is 0 Å².